The molecule has 0 atom stereocenters. The van der Waals surface area contributed by atoms with Gasteiger partial charge in [-0.2, -0.15) is 0 Å². The van der Waals surface area contributed by atoms with E-state index in [0.717, 1.165) is 117 Å². The summed E-state index contributed by atoms with van der Waals surface area (Å²) in [6, 6.07) is 53.1. The molecule has 9 rings (SSSR count). The number of fused-ring (bicyclic) bond motifs is 6. The van der Waals surface area contributed by atoms with Crippen LogP contribution >= 0.6 is 12.4 Å². The van der Waals surface area contributed by atoms with Crippen LogP contribution in [0.1, 0.15) is 52.6 Å². The number of benzene rings is 6. The quantitative estimate of drug-likeness (QED) is 0.0272. The van der Waals surface area contributed by atoms with Gasteiger partial charge >= 0.3 is 29.6 Å². The van der Waals surface area contributed by atoms with Crippen molar-refractivity contribution < 1.29 is 59.1 Å². The normalized spacial score (nSPS) is 12.4. The first-order valence-electron chi connectivity index (χ1n) is 26.0. The van der Waals surface area contributed by atoms with Gasteiger partial charge in [-0.25, -0.2) is 0 Å². The van der Waals surface area contributed by atoms with Crippen LogP contribution < -0.4 is 60.1 Å². The Kier molecular flexibility index (Phi) is 32.6. The number of nitrogens with one attached hydrogen (secondary N) is 2. The van der Waals surface area contributed by atoms with Gasteiger partial charge in [-0.3, -0.25) is 4.79 Å². The number of aliphatic hydroxyl groups excluding tert-OH is 1. The maximum absolute atomic E-state index is 8.64. The first kappa shape index (κ1) is 64.5. The third-order valence-corrected chi connectivity index (χ3v) is 13.3. The number of aryl methyl sites for hydroxylation is 6. The smallest absolute Gasteiger partial charge is 0.662 e. The molecule has 6 aromatic rings. The monoisotopic (exact) mass is 1050 g/mol. The van der Waals surface area contributed by atoms with Gasteiger partial charge < -0.3 is 55.0 Å². The molecule has 3 N–H and O–H groups in total. The van der Waals surface area contributed by atoms with Crippen LogP contribution in [-0.4, -0.2) is 117 Å². The van der Waals surface area contributed by atoms with E-state index in [2.05, 4.69) is 188 Å². The molecule has 6 aromatic carbocycles. The molecule has 0 aliphatic carbocycles. The van der Waals surface area contributed by atoms with Gasteiger partial charge in [0.1, 0.15) is 0 Å². The summed E-state index contributed by atoms with van der Waals surface area (Å²) < 4.78 is 10.6. The van der Waals surface area contributed by atoms with E-state index in [-0.39, 0.29) is 48.4 Å². The number of hydrogen-bond donors (Lipinski definition) is 3. The van der Waals surface area contributed by atoms with Gasteiger partial charge in [0.05, 0.1) is 19.8 Å². The number of rotatable bonds is 19. The molecule has 0 saturated heterocycles. The summed E-state index contributed by atoms with van der Waals surface area (Å²) in [6.07, 6.45) is 10.2. The molecule has 0 fully saturated rings. The van der Waals surface area contributed by atoms with Crippen LogP contribution in [0, 0.1) is 0 Å². The molecular formula is C61H82ClN6NaO6. The molecule has 0 bridgehead atoms. The number of ether oxygens (including phenoxy) is 2. The van der Waals surface area contributed by atoms with Gasteiger partial charge in [0, 0.05) is 74.5 Å². The van der Waals surface area contributed by atoms with Gasteiger partial charge in [0.2, 0.25) is 0 Å². The van der Waals surface area contributed by atoms with Crippen molar-refractivity contribution in [1.29, 1.82) is 0 Å². The molecule has 0 radical (unpaired) electrons. The van der Waals surface area contributed by atoms with Crippen LogP contribution in [0.3, 0.4) is 0 Å². The summed E-state index contributed by atoms with van der Waals surface area (Å²) in [7, 11) is 8.91. The summed E-state index contributed by atoms with van der Waals surface area (Å²) in [5.41, 5.74) is 17.0. The van der Waals surface area contributed by atoms with Gasteiger partial charge in [-0.15, -0.1) is 12.4 Å². The summed E-state index contributed by atoms with van der Waals surface area (Å²) in [5.74, 6) is 0. The van der Waals surface area contributed by atoms with Crippen molar-refractivity contribution in [2.24, 2.45) is 0 Å². The Hall–Kier alpha value is -4.80. The van der Waals surface area contributed by atoms with Crippen molar-refractivity contribution >= 4 is 53.0 Å². The van der Waals surface area contributed by atoms with E-state index in [1.165, 1.54) is 67.5 Å². The van der Waals surface area contributed by atoms with Crippen LogP contribution in [-0.2, 0) is 57.7 Å². The Morgan fingerprint density at radius 1 is 0.507 bits per heavy atom. The standard InChI is InChI=1S/C23H32N2O2.2C18H22N2.CH2O3.CH4O.ClH.Na/c1-24(16-17-27-19-18-26-2)14-7-15-25-22-10-5-3-8-20(22)12-13-21-9-4-6-11-23(21)25;2*1-19-13-6-14-20-17-9-4-2-7-15(17)11-12-16-8-3-5-10-18(16)20;2-1-4-3;1-2;;/h3-6,8-11H,7,12-19H2,1-2H3;2*2-5,7-10,19H,6,11-14H2,1H3;1,3H;2H,1H3;1H;/q;;;;;;+1/p-1. The maximum Gasteiger partial charge on any atom is 1.00 e. The van der Waals surface area contributed by atoms with E-state index >= 15 is 0 Å². The molecule has 0 saturated carbocycles. The van der Waals surface area contributed by atoms with Crippen LogP contribution in [0.15, 0.2) is 146 Å². The molecule has 14 heteroatoms. The van der Waals surface area contributed by atoms with Gasteiger partial charge in [0.15, 0.2) is 0 Å². The number of halogens is 1. The zero-order valence-electron chi connectivity index (χ0n) is 45.6. The molecule has 0 unspecified atom stereocenters. The van der Waals surface area contributed by atoms with Crippen molar-refractivity contribution in [1.82, 2.24) is 15.5 Å². The Balaban J connectivity index is 0.000000281. The molecule has 3 heterocycles. The molecule has 0 amide bonds. The molecule has 3 aliphatic heterocycles. The van der Waals surface area contributed by atoms with E-state index in [1.807, 2.05) is 14.1 Å². The Labute approximate surface area is 477 Å². The van der Waals surface area contributed by atoms with Crippen molar-refractivity contribution in [2.45, 2.75) is 57.8 Å². The third kappa shape index (κ3) is 20.3. The number of likely N-dealkylation sites (N-methyl/N-ethyl adjacent to an activating group) is 1. The second-order valence-electron chi connectivity index (χ2n) is 18.1. The predicted octanol–water partition coefficient (Wildman–Crippen LogP) is 6.44. The Morgan fingerprint density at radius 2 is 0.787 bits per heavy atom. The van der Waals surface area contributed by atoms with Crippen molar-refractivity contribution in [3.05, 3.63) is 179 Å². The van der Waals surface area contributed by atoms with Gasteiger partial charge in [-0.05, 0) is 168 Å². The molecule has 75 heavy (non-hydrogen) atoms. The summed E-state index contributed by atoms with van der Waals surface area (Å²) in [6.45, 7) is 9.21. The van der Waals surface area contributed by atoms with Crippen LogP contribution in [0.4, 0.5) is 34.1 Å². The zero-order valence-corrected chi connectivity index (χ0v) is 48.4. The summed E-state index contributed by atoms with van der Waals surface area (Å²) in [5, 5.41) is 21.9. The molecule has 0 spiro atoms. The summed E-state index contributed by atoms with van der Waals surface area (Å²) >= 11 is 0. The second kappa shape index (κ2) is 37.9. The number of para-hydroxylation sites is 6. The first-order chi connectivity index (χ1) is 36.0. The van der Waals surface area contributed by atoms with Gasteiger partial charge in [0.25, 0.3) is 6.47 Å². The number of methoxy groups -OCH3 is 1. The first-order valence-corrected chi connectivity index (χ1v) is 26.0. The fourth-order valence-electron chi connectivity index (χ4n) is 9.74. The largest absolute Gasteiger partial charge is 1.00 e. The molecule has 3 aliphatic rings. The Bertz CT molecular complexity index is 2240. The number of anilines is 6. The van der Waals surface area contributed by atoms with E-state index in [9.17, 15) is 0 Å². The molecule has 0 aromatic heterocycles. The van der Waals surface area contributed by atoms with E-state index in [4.69, 9.17) is 24.6 Å². The fourth-order valence-corrected chi connectivity index (χ4v) is 9.74. The van der Waals surface area contributed by atoms with Crippen LogP contribution in [0.25, 0.3) is 0 Å². The average Bonchev–Trinajstić information content (AvgIpc) is 3.79. The average molecular weight is 1050 g/mol. The van der Waals surface area contributed by atoms with Gasteiger partial charge in [-0.1, -0.05) is 109 Å². The predicted molar refractivity (Wildman–Crippen MR) is 306 cm³/mol. The van der Waals surface area contributed by atoms with Crippen molar-refractivity contribution in [3.63, 3.8) is 0 Å². The number of hydrogen-bond acceptors (Lipinski definition) is 12. The van der Waals surface area contributed by atoms with Crippen molar-refractivity contribution in [3.8, 4) is 0 Å². The minimum atomic E-state index is -0.181. The van der Waals surface area contributed by atoms with E-state index in [0.29, 0.717) is 13.2 Å². The molecular weight excluding hydrogens is 971 g/mol. The topological polar surface area (TPSA) is 125 Å². The molecule has 400 valence electrons. The number of nitrogens with zero attached hydrogens (tertiary/aromatic N) is 4. The Morgan fingerprint density at radius 3 is 1.05 bits per heavy atom. The number of aliphatic hydroxyl groups is 1. The van der Waals surface area contributed by atoms with E-state index < -0.39 is 0 Å². The molecule has 12 nitrogen and oxygen atoms in total. The number of carbonyl (C=O) groups excluding carboxylic acids is 1. The number of carbonyl (C=O) groups is 1. The minimum Gasteiger partial charge on any atom is -0.662 e. The third-order valence-electron chi connectivity index (χ3n) is 13.3. The van der Waals surface area contributed by atoms with Crippen molar-refractivity contribution in [2.75, 3.05) is 116 Å². The van der Waals surface area contributed by atoms with Crippen LogP contribution in [0.5, 0.6) is 0 Å². The fraction of sp³-hybridized carbons (Fsp3) is 0.393. The van der Waals surface area contributed by atoms with Crippen LogP contribution in [0.2, 0.25) is 0 Å². The van der Waals surface area contributed by atoms with E-state index in [1.54, 1.807) is 7.11 Å². The summed E-state index contributed by atoms with van der Waals surface area (Å²) in [4.78, 5) is 21.1. The zero-order chi connectivity index (χ0) is 51.9. The SMILES string of the molecule is CNCCCN1c2ccccc2CCc2ccccc21.CNCCCN1c2ccccc2CCc2ccccc21.CO.COCCOCCN(C)CCCN1c2ccccc2CCc2ccccc21.Cl.O=CO[O-].[Na+]. The minimum absolute atomic E-state index is 0. The maximum atomic E-state index is 8.64. The second-order valence-corrected chi connectivity index (χ2v) is 18.1.